The molecule has 10 heavy (non-hydrogen) atoms. The fourth-order valence-corrected chi connectivity index (χ4v) is 1.65. The maximum absolute atomic E-state index is 10.9. The minimum Gasteiger partial charge on any atom is -0.447 e. The topological polar surface area (TPSA) is 29.5 Å². The van der Waals surface area contributed by atoms with E-state index in [0.29, 0.717) is 6.61 Å². The van der Waals surface area contributed by atoms with Gasteiger partial charge in [-0.05, 0) is 19.3 Å². The molecule has 0 N–H and O–H groups in total. The molecule has 0 radical (unpaired) electrons. The summed E-state index contributed by atoms with van der Waals surface area (Å²) in [5, 5.41) is 0. The molecule has 2 rings (SSSR count). The van der Waals surface area contributed by atoms with Crippen LogP contribution in [-0.2, 0) is 4.74 Å². The van der Waals surface area contributed by atoms with Gasteiger partial charge in [0.2, 0.25) is 0 Å². The Morgan fingerprint density at radius 3 is 2.50 bits per heavy atom. The predicted octanol–water partition coefficient (Wildman–Crippen LogP) is 0.991. The summed E-state index contributed by atoms with van der Waals surface area (Å²) in [6, 6.07) is 0. The van der Waals surface area contributed by atoms with E-state index in [9.17, 15) is 4.79 Å². The lowest BCUT2D eigenvalue weighted by atomic mass is 9.77. The van der Waals surface area contributed by atoms with E-state index in [1.54, 1.807) is 4.90 Å². The van der Waals surface area contributed by atoms with E-state index < -0.39 is 0 Å². The van der Waals surface area contributed by atoms with E-state index in [2.05, 4.69) is 0 Å². The molecule has 3 heteroatoms. The molecule has 0 unspecified atom stereocenters. The van der Waals surface area contributed by atoms with Crippen LogP contribution >= 0.6 is 0 Å². The molecule has 1 aliphatic carbocycles. The van der Waals surface area contributed by atoms with E-state index in [1.807, 2.05) is 7.05 Å². The molecule has 1 saturated heterocycles. The average molecular weight is 141 g/mol. The van der Waals surface area contributed by atoms with Gasteiger partial charge in [-0.2, -0.15) is 0 Å². The molecule has 3 nitrogen and oxygen atoms in total. The lowest BCUT2D eigenvalue weighted by molar-refractivity contribution is 0.100. The summed E-state index contributed by atoms with van der Waals surface area (Å²) in [5.74, 6) is 0. The minimum atomic E-state index is -0.153. The Balaban J connectivity index is 2.17. The molecule has 0 aromatic carbocycles. The van der Waals surface area contributed by atoms with Crippen molar-refractivity contribution in [2.24, 2.45) is 0 Å². The normalized spacial score (nSPS) is 28.5. The first-order valence-electron chi connectivity index (χ1n) is 3.65. The first-order chi connectivity index (χ1) is 4.75. The number of ether oxygens (including phenoxy) is 1. The first kappa shape index (κ1) is 6.01. The van der Waals surface area contributed by atoms with Crippen LogP contribution in [0.4, 0.5) is 4.79 Å². The molecule has 0 bridgehead atoms. The minimum absolute atomic E-state index is 0.108. The van der Waals surface area contributed by atoms with Crippen molar-refractivity contribution in [1.29, 1.82) is 0 Å². The van der Waals surface area contributed by atoms with Gasteiger partial charge in [0.15, 0.2) is 0 Å². The van der Waals surface area contributed by atoms with Gasteiger partial charge in [-0.1, -0.05) is 0 Å². The highest BCUT2D eigenvalue weighted by molar-refractivity contribution is 5.71. The summed E-state index contributed by atoms with van der Waals surface area (Å²) in [7, 11) is 1.83. The van der Waals surface area contributed by atoms with Crippen molar-refractivity contribution >= 4 is 6.09 Å². The predicted molar refractivity (Wildman–Crippen MR) is 35.7 cm³/mol. The van der Waals surface area contributed by atoms with E-state index in [4.69, 9.17) is 4.74 Å². The van der Waals surface area contributed by atoms with E-state index in [0.717, 1.165) is 12.8 Å². The van der Waals surface area contributed by atoms with Gasteiger partial charge in [0.25, 0.3) is 0 Å². The van der Waals surface area contributed by atoms with Crippen LogP contribution in [0.5, 0.6) is 0 Å². The SMILES string of the molecule is CN1C(=O)OCC12CCC2. The second kappa shape index (κ2) is 1.65. The number of hydrogen-bond donors (Lipinski definition) is 0. The summed E-state index contributed by atoms with van der Waals surface area (Å²) < 4.78 is 4.91. The summed E-state index contributed by atoms with van der Waals surface area (Å²) in [6.07, 6.45) is 3.32. The molecule has 1 saturated carbocycles. The number of hydrogen-bond acceptors (Lipinski definition) is 2. The van der Waals surface area contributed by atoms with Crippen molar-refractivity contribution in [3.63, 3.8) is 0 Å². The van der Waals surface area contributed by atoms with Crippen molar-refractivity contribution in [2.45, 2.75) is 24.8 Å². The molecule has 1 spiro atoms. The molecule has 0 aromatic heterocycles. The molecule has 2 aliphatic rings. The lowest BCUT2D eigenvalue weighted by Gasteiger charge is -2.40. The van der Waals surface area contributed by atoms with Crippen molar-refractivity contribution in [3.05, 3.63) is 0 Å². The molecule has 1 amide bonds. The number of carbonyl (C=O) groups excluding carboxylic acids is 1. The van der Waals surface area contributed by atoms with E-state index in [-0.39, 0.29) is 11.6 Å². The molecule has 56 valence electrons. The van der Waals surface area contributed by atoms with Crippen LogP contribution in [0.3, 0.4) is 0 Å². The van der Waals surface area contributed by atoms with Crippen LogP contribution in [-0.4, -0.2) is 30.2 Å². The molecule has 1 heterocycles. The van der Waals surface area contributed by atoms with E-state index in [1.165, 1.54) is 6.42 Å². The zero-order valence-corrected chi connectivity index (χ0v) is 6.09. The van der Waals surface area contributed by atoms with Crippen LogP contribution in [0.15, 0.2) is 0 Å². The molecule has 0 aromatic rings. The Bertz CT molecular complexity index is 174. The number of amides is 1. The number of rotatable bonds is 0. The summed E-state index contributed by atoms with van der Waals surface area (Å²) in [4.78, 5) is 12.6. The molecule has 0 atom stereocenters. The van der Waals surface area contributed by atoms with Crippen molar-refractivity contribution < 1.29 is 9.53 Å². The van der Waals surface area contributed by atoms with Gasteiger partial charge in [0.1, 0.15) is 6.61 Å². The van der Waals surface area contributed by atoms with Crippen LogP contribution in [0.25, 0.3) is 0 Å². The fraction of sp³-hybridized carbons (Fsp3) is 0.857. The lowest BCUT2D eigenvalue weighted by Crippen LogP contribution is -2.50. The number of nitrogens with zero attached hydrogens (tertiary/aromatic N) is 1. The molecule has 1 aliphatic heterocycles. The number of likely N-dealkylation sites (N-methyl/N-ethyl adjacent to an activating group) is 1. The van der Waals surface area contributed by atoms with Crippen molar-refractivity contribution in [3.8, 4) is 0 Å². The average Bonchev–Trinajstić information content (AvgIpc) is 2.10. The fourth-order valence-electron chi connectivity index (χ4n) is 1.65. The van der Waals surface area contributed by atoms with Crippen LogP contribution in [0.1, 0.15) is 19.3 Å². The smallest absolute Gasteiger partial charge is 0.410 e. The molecule has 2 fully saturated rings. The first-order valence-corrected chi connectivity index (χ1v) is 3.65. The van der Waals surface area contributed by atoms with Crippen LogP contribution in [0, 0.1) is 0 Å². The highest BCUT2D eigenvalue weighted by atomic mass is 16.6. The maximum Gasteiger partial charge on any atom is 0.410 e. The van der Waals surface area contributed by atoms with Gasteiger partial charge in [0, 0.05) is 7.05 Å². The summed E-state index contributed by atoms with van der Waals surface area (Å²) in [6.45, 7) is 0.613. The standard InChI is InChI=1S/C7H11NO2/c1-8-6(9)10-5-7(8)3-2-4-7/h2-5H2,1H3. The second-order valence-electron chi connectivity index (χ2n) is 3.19. The summed E-state index contributed by atoms with van der Waals surface area (Å²) in [5.41, 5.74) is 0.108. The Morgan fingerprint density at radius 2 is 2.30 bits per heavy atom. The van der Waals surface area contributed by atoms with Gasteiger partial charge in [-0.25, -0.2) is 4.79 Å². The van der Waals surface area contributed by atoms with Gasteiger partial charge in [-0.3, -0.25) is 0 Å². The van der Waals surface area contributed by atoms with Crippen LogP contribution < -0.4 is 0 Å². The third kappa shape index (κ3) is 0.528. The quantitative estimate of drug-likeness (QED) is 0.503. The zero-order chi connectivity index (χ0) is 7.19. The summed E-state index contributed by atoms with van der Waals surface area (Å²) >= 11 is 0. The van der Waals surface area contributed by atoms with Crippen LogP contribution in [0.2, 0.25) is 0 Å². The van der Waals surface area contributed by atoms with Gasteiger partial charge >= 0.3 is 6.09 Å². The monoisotopic (exact) mass is 141 g/mol. The van der Waals surface area contributed by atoms with E-state index >= 15 is 0 Å². The second-order valence-corrected chi connectivity index (χ2v) is 3.19. The highest BCUT2D eigenvalue weighted by Crippen LogP contribution is 2.40. The largest absolute Gasteiger partial charge is 0.447 e. The van der Waals surface area contributed by atoms with Gasteiger partial charge in [0.05, 0.1) is 5.54 Å². The van der Waals surface area contributed by atoms with Crippen molar-refractivity contribution in [1.82, 2.24) is 4.90 Å². The molecular weight excluding hydrogens is 130 g/mol. The Hall–Kier alpha value is -0.730. The van der Waals surface area contributed by atoms with Gasteiger partial charge < -0.3 is 9.64 Å². The Labute approximate surface area is 60.0 Å². The number of cyclic esters (lactones) is 1. The van der Waals surface area contributed by atoms with Gasteiger partial charge in [-0.15, -0.1) is 0 Å². The Kier molecular flexibility index (Phi) is 0.993. The number of carbonyl (C=O) groups is 1. The maximum atomic E-state index is 10.9. The zero-order valence-electron chi connectivity index (χ0n) is 6.09. The Morgan fingerprint density at radius 1 is 1.60 bits per heavy atom. The highest BCUT2D eigenvalue weighted by Gasteiger charge is 2.49. The third-order valence-electron chi connectivity index (χ3n) is 2.73. The molecular formula is C7H11NO2. The third-order valence-corrected chi connectivity index (χ3v) is 2.73. The van der Waals surface area contributed by atoms with Crippen molar-refractivity contribution in [2.75, 3.05) is 13.7 Å².